The Bertz CT molecular complexity index is 907. The first kappa shape index (κ1) is 15.2. The van der Waals surface area contributed by atoms with E-state index in [1.807, 2.05) is 35.8 Å². The number of rotatable bonds is 4. The van der Waals surface area contributed by atoms with Crippen LogP contribution in [0.5, 0.6) is 0 Å². The third-order valence-corrected chi connectivity index (χ3v) is 3.85. The molecule has 0 aliphatic heterocycles. The molecule has 2 aromatic carbocycles. The molecule has 3 rings (SSSR count). The Labute approximate surface area is 132 Å². The minimum atomic E-state index is -0.907. The second kappa shape index (κ2) is 6.17. The number of hydrogen-bond acceptors (Lipinski definition) is 2. The third kappa shape index (κ3) is 2.80. The van der Waals surface area contributed by atoms with E-state index in [4.69, 9.17) is 5.26 Å². The van der Waals surface area contributed by atoms with Crippen molar-refractivity contribution in [2.75, 3.05) is 0 Å². The maximum Gasteiger partial charge on any atom is 0.161 e. The van der Waals surface area contributed by atoms with Crippen LogP contribution in [-0.2, 0) is 6.54 Å². The van der Waals surface area contributed by atoms with Gasteiger partial charge in [-0.1, -0.05) is 24.3 Å². The molecule has 0 N–H and O–H groups in total. The summed E-state index contributed by atoms with van der Waals surface area (Å²) in [6, 6.07) is 12.1. The van der Waals surface area contributed by atoms with Gasteiger partial charge in [-0.05, 0) is 18.9 Å². The van der Waals surface area contributed by atoms with Crippen LogP contribution in [0.1, 0.15) is 18.4 Å². The molecule has 0 saturated carbocycles. The van der Waals surface area contributed by atoms with Gasteiger partial charge in [0.05, 0.1) is 17.1 Å². The number of nitriles is 1. The average molecular weight is 311 g/mol. The number of imidazole rings is 1. The molecule has 0 spiro atoms. The monoisotopic (exact) mass is 311 g/mol. The quantitative estimate of drug-likeness (QED) is 0.661. The summed E-state index contributed by atoms with van der Waals surface area (Å²) in [5.74, 6) is -1.13. The molecule has 0 aliphatic rings. The lowest BCUT2D eigenvalue weighted by Crippen LogP contribution is -2.02. The number of fused-ring (bicyclic) bond motifs is 1. The molecule has 3 aromatic rings. The van der Waals surface area contributed by atoms with Crippen molar-refractivity contribution in [2.45, 2.75) is 26.3 Å². The fourth-order valence-corrected chi connectivity index (χ4v) is 2.69. The number of hydrogen-bond donors (Lipinski definition) is 0. The van der Waals surface area contributed by atoms with Crippen LogP contribution in [0.15, 0.2) is 36.4 Å². The Kier molecular flexibility index (Phi) is 4.07. The summed E-state index contributed by atoms with van der Waals surface area (Å²) in [6.45, 7) is 2.49. The standard InChI is InChI=1S/C18H15F2N3/c1-12-6-2-3-7-13(12)18-22-16-10-14(19)15(20)11-17(16)23(18)9-5-4-8-21/h2-3,6-7,10-11H,4-5,9H2,1H3. The Balaban J connectivity index is 2.21. The van der Waals surface area contributed by atoms with Gasteiger partial charge in [0.25, 0.3) is 0 Å². The molecule has 0 amide bonds. The lowest BCUT2D eigenvalue weighted by molar-refractivity contribution is 0.510. The third-order valence-electron chi connectivity index (χ3n) is 3.85. The van der Waals surface area contributed by atoms with Crippen molar-refractivity contribution in [1.82, 2.24) is 9.55 Å². The number of aryl methyl sites for hydroxylation is 2. The van der Waals surface area contributed by atoms with Crippen LogP contribution in [0.3, 0.4) is 0 Å². The average Bonchev–Trinajstić information content (AvgIpc) is 2.86. The van der Waals surface area contributed by atoms with E-state index >= 15 is 0 Å². The molecular formula is C18H15F2N3. The van der Waals surface area contributed by atoms with Crippen molar-refractivity contribution in [3.63, 3.8) is 0 Å². The van der Waals surface area contributed by atoms with E-state index in [0.29, 0.717) is 36.2 Å². The van der Waals surface area contributed by atoms with Crippen LogP contribution in [0.2, 0.25) is 0 Å². The van der Waals surface area contributed by atoms with E-state index in [-0.39, 0.29) is 0 Å². The van der Waals surface area contributed by atoms with Crippen LogP contribution in [0.25, 0.3) is 22.4 Å². The predicted octanol–water partition coefficient (Wildman–Crippen LogP) is 4.59. The lowest BCUT2D eigenvalue weighted by atomic mass is 10.1. The molecule has 0 aliphatic carbocycles. The van der Waals surface area contributed by atoms with Crippen molar-refractivity contribution in [2.24, 2.45) is 0 Å². The van der Waals surface area contributed by atoms with Gasteiger partial charge in [-0.2, -0.15) is 5.26 Å². The SMILES string of the molecule is Cc1ccccc1-c1nc2cc(F)c(F)cc2n1CCCC#N. The number of aromatic nitrogens is 2. The van der Waals surface area contributed by atoms with Crippen molar-refractivity contribution >= 4 is 11.0 Å². The van der Waals surface area contributed by atoms with Gasteiger partial charge in [0, 0.05) is 30.7 Å². The van der Waals surface area contributed by atoms with E-state index in [1.165, 1.54) is 6.07 Å². The molecule has 0 fully saturated rings. The highest BCUT2D eigenvalue weighted by molar-refractivity contribution is 5.81. The Morgan fingerprint density at radius 3 is 2.65 bits per heavy atom. The molecule has 23 heavy (non-hydrogen) atoms. The number of halogens is 2. The Morgan fingerprint density at radius 2 is 1.91 bits per heavy atom. The van der Waals surface area contributed by atoms with Crippen LogP contribution in [0.4, 0.5) is 8.78 Å². The van der Waals surface area contributed by atoms with Crippen molar-refractivity contribution < 1.29 is 8.78 Å². The summed E-state index contributed by atoms with van der Waals surface area (Å²) < 4.78 is 29.0. The highest BCUT2D eigenvalue weighted by atomic mass is 19.2. The largest absolute Gasteiger partial charge is 0.324 e. The van der Waals surface area contributed by atoms with E-state index in [1.54, 1.807) is 0 Å². The van der Waals surface area contributed by atoms with Crippen molar-refractivity contribution in [1.29, 1.82) is 5.26 Å². The van der Waals surface area contributed by atoms with E-state index in [0.717, 1.165) is 17.2 Å². The summed E-state index contributed by atoms with van der Waals surface area (Å²) in [7, 11) is 0. The fourth-order valence-electron chi connectivity index (χ4n) is 2.69. The smallest absolute Gasteiger partial charge is 0.161 e. The van der Waals surface area contributed by atoms with E-state index in [9.17, 15) is 8.78 Å². The predicted molar refractivity (Wildman–Crippen MR) is 84.7 cm³/mol. The van der Waals surface area contributed by atoms with Crippen LogP contribution < -0.4 is 0 Å². The van der Waals surface area contributed by atoms with Crippen LogP contribution in [-0.4, -0.2) is 9.55 Å². The van der Waals surface area contributed by atoms with Gasteiger partial charge in [-0.3, -0.25) is 0 Å². The van der Waals surface area contributed by atoms with Gasteiger partial charge in [0.1, 0.15) is 5.82 Å². The Morgan fingerprint density at radius 1 is 1.17 bits per heavy atom. The number of nitrogens with zero attached hydrogens (tertiary/aromatic N) is 3. The zero-order valence-corrected chi connectivity index (χ0v) is 12.7. The molecule has 5 heteroatoms. The highest BCUT2D eigenvalue weighted by Crippen LogP contribution is 2.28. The van der Waals surface area contributed by atoms with E-state index in [2.05, 4.69) is 11.1 Å². The fraction of sp³-hybridized carbons (Fsp3) is 0.222. The topological polar surface area (TPSA) is 41.6 Å². The van der Waals surface area contributed by atoms with E-state index < -0.39 is 11.6 Å². The summed E-state index contributed by atoms with van der Waals surface area (Å²) in [5, 5.41) is 8.73. The van der Waals surface area contributed by atoms with Gasteiger partial charge in [-0.25, -0.2) is 13.8 Å². The van der Waals surface area contributed by atoms with Gasteiger partial charge in [0.2, 0.25) is 0 Å². The maximum absolute atomic E-state index is 13.6. The summed E-state index contributed by atoms with van der Waals surface area (Å²) >= 11 is 0. The van der Waals surface area contributed by atoms with Crippen molar-refractivity contribution in [3.05, 3.63) is 53.6 Å². The zero-order chi connectivity index (χ0) is 16.4. The molecule has 1 heterocycles. The van der Waals surface area contributed by atoms with Crippen LogP contribution >= 0.6 is 0 Å². The molecule has 0 bridgehead atoms. The highest BCUT2D eigenvalue weighted by Gasteiger charge is 2.16. The molecule has 0 radical (unpaired) electrons. The molecular weight excluding hydrogens is 296 g/mol. The molecule has 3 nitrogen and oxygen atoms in total. The Hall–Kier alpha value is -2.74. The van der Waals surface area contributed by atoms with Gasteiger partial charge in [0.15, 0.2) is 11.6 Å². The minimum absolute atomic E-state index is 0.399. The second-order valence-electron chi connectivity index (χ2n) is 5.42. The lowest BCUT2D eigenvalue weighted by Gasteiger charge is -2.10. The van der Waals surface area contributed by atoms with Gasteiger partial charge >= 0.3 is 0 Å². The minimum Gasteiger partial charge on any atom is -0.324 e. The first-order valence-electron chi connectivity index (χ1n) is 7.40. The van der Waals surface area contributed by atoms with Gasteiger partial charge in [-0.15, -0.1) is 0 Å². The molecule has 116 valence electrons. The number of benzene rings is 2. The summed E-state index contributed by atoms with van der Waals surface area (Å²) in [4.78, 5) is 4.50. The van der Waals surface area contributed by atoms with Crippen molar-refractivity contribution in [3.8, 4) is 17.5 Å². The zero-order valence-electron chi connectivity index (χ0n) is 12.7. The first-order valence-corrected chi connectivity index (χ1v) is 7.40. The summed E-state index contributed by atoms with van der Waals surface area (Å²) in [6.07, 6.45) is 1.02. The molecule has 0 saturated heterocycles. The summed E-state index contributed by atoms with van der Waals surface area (Å²) in [5.41, 5.74) is 2.91. The normalized spacial score (nSPS) is 10.9. The molecule has 0 unspecified atom stereocenters. The molecule has 1 aromatic heterocycles. The first-order chi connectivity index (χ1) is 11.1. The second-order valence-corrected chi connectivity index (χ2v) is 5.42. The van der Waals surface area contributed by atoms with Gasteiger partial charge < -0.3 is 4.57 Å². The number of unbranched alkanes of at least 4 members (excludes halogenated alkanes) is 1. The maximum atomic E-state index is 13.6. The molecule has 0 atom stereocenters. The van der Waals surface area contributed by atoms with Crippen LogP contribution in [0, 0.1) is 29.9 Å².